The first-order valence-corrected chi connectivity index (χ1v) is 10.6. The van der Waals surface area contributed by atoms with Crippen molar-refractivity contribution in [1.82, 2.24) is 21.3 Å². The van der Waals surface area contributed by atoms with Gasteiger partial charge in [-0.05, 0) is 54.4 Å². The molecule has 0 saturated carbocycles. The summed E-state index contributed by atoms with van der Waals surface area (Å²) < 4.78 is 0. The average molecular weight is 459 g/mol. The van der Waals surface area contributed by atoms with Gasteiger partial charge in [-0.2, -0.15) is 0 Å². The molecular formula is C21H38N4O7. The number of aliphatic carboxylic acids is 2. The minimum atomic E-state index is -1.14. The van der Waals surface area contributed by atoms with Crippen LogP contribution in [0.4, 0.5) is 0 Å². The van der Waals surface area contributed by atoms with Gasteiger partial charge in [0.2, 0.25) is 17.7 Å². The lowest BCUT2D eigenvalue weighted by molar-refractivity contribution is -0.139. The third-order valence-corrected chi connectivity index (χ3v) is 4.02. The Morgan fingerprint density at radius 3 is 1.66 bits per heavy atom. The van der Waals surface area contributed by atoms with Gasteiger partial charge >= 0.3 is 11.9 Å². The Kier molecular flexibility index (Phi) is 11.9. The first kappa shape index (κ1) is 29.3. The van der Waals surface area contributed by atoms with Gasteiger partial charge in [-0.25, -0.2) is 0 Å². The number of hydrogen-bond donors (Lipinski definition) is 6. The van der Waals surface area contributed by atoms with Crippen LogP contribution in [-0.2, 0) is 24.0 Å². The molecule has 0 aliphatic carbocycles. The Hall–Kier alpha value is -2.69. The number of carbonyl (C=O) groups is 5. The second kappa shape index (κ2) is 13.0. The van der Waals surface area contributed by atoms with Gasteiger partial charge in [0.05, 0.1) is 6.04 Å². The third kappa shape index (κ3) is 15.2. The highest BCUT2D eigenvalue weighted by Gasteiger charge is 2.29. The fourth-order valence-electron chi connectivity index (χ4n) is 2.77. The molecule has 0 heterocycles. The first-order valence-electron chi connectivity index (χ1n) is 10.6. The van der Waals surface area contributed by atoms with Crippen molar-refractivity contribution in [3.05, 3.63) is 0 Å². The van der Waals surface area contributed by atoms with E-state index in [0.29, 0.717) is 0 Å². The SMILES string of the molecule is CC(C)(C)NC(=O)CCNC(=O)C(CCC(=O)O)NC(=O)C(CCC(=O)O)NC(C)(C)C. The van der Waals surface area contributed by atoms with Crippen molar-refractivity contribution in [3.8, 4) is 0 Å². The molecule has 3 amide bonds. The summed E-state index contributed by atoms with van der Waals surface area (Å²) in [5.74, 6) is -3.66. The predicted molar refractivity (Wildman–Crippen MR) is 118 cm³/mol. The van der Waals surface area contributed by atoms with E-state index in [1.807, 2.05) is 41.5 Å². The summed E-state index contributed by atoms with van der Waals surface area (Å²) in [6.07, 6.45) is -0.734. The molecule has 184 valence electrons. The van der Waals surface area contributed by atoms with Crippen LogP contribution < -0.4 is 21.3 Å². The summed E-state index contributed by atoms with van der Waals surface area (Å²) in [6, 6.07) is -2.03. The molecule has 0 fully saturated rings. The number of carboxylic acid groups (broad SMARTS) is 2. The maximum absolute atomic E-state index is 12.8. The number of amides is 3. The summed E-state index contributed by atoms with van der Waals surface area (Å²) >= 11 is 0. The lowest BCUT2D eigenvalue weighted by Crippen LogP contribution is -2.56. The van der Waals surface area contributed by atoms with Crippen LogP contribution in [0.15, 0.2) is 0 Å². The zero-order chi connectivity index (χ0) is 25.1. The minimum absolute atomic E-state index is 0.00131. The molecular weight excluding hydrogens is 420 g/mol. The van der Waals surface area contributed by atoms with Crippen molar-refractivity contribution < 1.29 is 34.2 Å². The van der Waals surface area contributed by atoms with Crippen LogP contribution in [-0.4, -0.2) is 69.6 Å². The summed E-state index contributed by atoms with van der Waals surface area (Å²) in [5.41, 5.74) is -0.913. The summed E-state index contributed by atoms with van der Waals surface area (Å²) in [4.78, 5) is 59.1. The highest BCUT2D eigenvalue weighted by atomic mass is 16.4. The molecule has 0 radical (unpaired) electrons. The van der Waals surface area contributed by atoms with E-state index >= 15 is 0 Å². The molecule has 2 atom stereocenters. The summed E-state index contributed by atoms with van der Waals surface area (Å²) in [5, 5.41) is 28.8. The predicted octanol–water partition coefficient (Wildman–Crippen LogP) is 0.379. The molecule has 2 unspecified atom stereocenters. The Bertz CT molecular complexity index is 681. The molecule has 0 aliphatic rings. The molecule has 6 N–H and O–H groups in total. The van der Waals surface area contributed by atoms with E-state index < -0.39 is 46.9 Å². The van der Waals surface area contributed by atoms with E-state index in [1.165, 1.54) is 0 Å². The Morgan fingerprint density at radius 1 is 0.719 bits per heavy atom. The smallest absolute Gasteiger partial charge is 0.303 e. The number of hydrogen-bond acceptors (Lipinski definition) is 6. The monoisotopic (exact) mass is 458 g/mol. The molecule has 11 heteroatoms. The van der Waals surface area contributed by atoms with Crippen LogP contribution in [0, 0.1) is 0 Å². The van der Waals surface area contributed by atoms with Crippen LogP contribution in [0.2, 0.25) is 0 Å². The lowest BCUT2D eigenvalue weighted by atomic mass is 10.0. The van der Waals surface area contributed by atoms with E-state index in [0.717, 1.165) is 0 Å². The van der Waals surface area contributed by atoms with E-state index in [1.54, 1.807) is 0 Å². The Balaban J connectivity index is 5.13. The second-order valence-corrected chi connectivity index (χ2v) is 9.71. The molecule has 32 heavy (non-hydrogen) atoms. The van der Waals surface area contributed by atoms with Crippen LogP contribution in [0.3, 0.4) is 0 Å². The van der Waals surface area contributed by atoms with Crippen LogP contribution in [0.5, 0.6) is 0 Å². The molecule has 11 nitrogen and oxygen atoms in total. The van der Waals surface area contributed by atoms with E-state index in [2.05, 4.69) is 21.3 Å². The van der Waals surface area contributed by atoms with E-state index in [4.69, 9.17) is 10.2 Å². The van der Waals surface area contributed by atoms with Crippen molar-refractivity contribution in [2.45, 2.75) is 96.8 Å². The second-order valence-electron chi connectivity index (χ2n) is 9.71. The van der Waals surface area contributed by atoms with E-state index in [-0.39, 0.29) is 44.6 Å². The zero-order valence-corrected chi connectivity index (χ0v) is 19.8. The standard InChI is InChI=1S/C21H38N4O7/c1-20(2,3)24-14(8-10-17(29)30)19(32)23-13(7-9-16(27)28)18(31)22-12-11-15(26)25-21(4,5)6/h13-14,24H,7-12H2,1-6H3,(H,22,31)(H,23,32)(H,25,26)(H,27,28)(H,29,30). The third-order valence-electron chi connectivity index (χ3n) is 4.02. The number of nitrogens with one attached hydrogen (secondary N) is 4. The fraction of sp³-hybridized carbons (Fsp3) is 0.762. The van der Waals surface area contributed by atoms with Gasteiger partial charge in [0.25, 0.3) is 0 Å². The van der Waals surface area contributed by atoms with Gasteiger partial charge < -0.3 is 31.5 Å². The van der Waals surface area contributed by atoms with Crippen molar-refractivity contribution in [2.75, 3.05) is 6.54 Å². The zero-order valence-electron chi connectivity index (χ0n) is 19.8. The van der Waals surface area contributed by atoms with Gasteiger partial charge in [-0.15, -0.1) is 0 Å². The quantitative estimate of drug-likeness (QED) is 0.230. The molecule has 0 aliphatic heterocycles. The molecule has 0 aromatic carbocycles. The molecule has 0 saturated heterocycles. The van der Waals surface area contributed by atoms with Crippen LogP contribution in [0.1, 0.15) is 73.6 Å². The van der Waals surface area contributed by atoms with Crippen molar-refractivity contribution >= 4 is 29.7 Å². The van der Waals surface area contributed by atoms with Crippen LogP contribution in [0.25, 0.3) is 0 Å². The maximum Gasteiger partial charge on any atom is 0.303 e. The van der Waals surface area contributed by atoms with Gasteiger partial charge in [-0.3, -0.25) is 24.0 Å². The van der Waals surface area contributed by atoms with Gasteiger partial charge in [-0.1, -0.05) is 0 Å². The minimum Gasteiger partial charge on any atom is -0.481 e. The topological polar surface area (TPSA) is 174 Å². The van der Waals surface area contributed by atoms with Crippen molar-refractivity contribution in [1.29, 1.82) is 0 Å². The molecule has 0 bridgehead atoms. The highest BCUT2D eigenvalue weighted by Crippen LogP contribution is 2.08. The molecule has 0 aromatic heterocycles. The molecule has 0 aromatic rings. The largest absolute Gasteiger partial charge is 0.481 e. The van der Waals surface area contributed by atoms with Gasteiger partial charge in [0.1, 0.15) is 6.04 Å². The van der Waals surface area contributed by atoms with E-state index in [9.17, 15) is 24.0 Å². The van der Waals surface area contributed by atoms with Gasteiger partial charge in [0, 0.05) is 36.9 Å². The maximum atomic E-state index is 12.8. The highest BCUT2D eigenvalue weighted by molar-refractivity contribution is 5.90. The lowest BCUT2D eigenvalue weighted by Gasteiger charge is -2.29. The van der Waals surface area contributed by atoms with Crippen molar-refractivity contribution in [3.63, 3.8) is 0 Å². The molecule has 0 rings (SSSR count). The Labute approximate surface area is 189 Å². The summed E-state index contributed by atoms with van der Waals surface area (Å²) in [7, 11) is 0. The molecule has 0 spiro atoms. The normalized spacial score (nSPS) is 13.6. The fourth-order valence-corrected chi connectivity index (χ4v) is 2.77. The average Bonchev–Trinajstić information content (AvgIpc) is 2.58. The Morgan fingerprint density at radius 2 is 1.22 bits per heavy atom. The number of carbonyl (C=O) groups excluding carboxylic acids is 3. The van der Waals surface area contributed by atoms with Gasteiger partial charge in [0.15, 0.2) is 0 Å². The summed E-state index contributed by atoms with van der Waals surface area (Å²) in [6.45, 7) is 10.9. The van der Waals surface area contributed by atoms with Crippen molar-refractivity contribution in [2.24, 2.45) is 0 Å². The number of rotatable bonds is 13. The first-order chi connectivity index (χ1) is 14.5. The van der Waals surface area contributed by atoms with Crippen LogP contribution >= 0.6 is 0 Å². The number of carboxylic acids is 2.